The third-order valence-corrected chi connectivity index (χ3v) is 2.81. The van der Waals surface area contributed by atoms with Crippen LogP contribution in [-0.4, -0.2) is 6.21 Å². The van der Waals surface area contributed by atoms with Gasteiger partial charge in [-0.05, 0) is 25.0 Å². The Hall–Kier alpha value is -1.89. The molecule has 1 nitrogen and oxygen atoms in total. The molecule has 0 amide bonds. The number of nitrogens with zero attached hydrogens (tertiary/aromatic N) is 1. The second-order valence-corrected chi connectivity index (χ2v) is 4.28. The van der Waals surface area contributed by atoms with Crippen molar-refractivity contribution in [1.82, 2.24) is 0 Å². The van der Waals surface area contributed by atoms with Crippen LogP contribution in [0.2, 0.25) is 0 Å². The van der Waals surface area contributed by atoms with E-state index in [-0.39, 0.29) is 6.04 Å². The van der Waals surface area contributed by atoms with Crippen LogP contribution < -0.4 is 0 Å². The zero-order valence-corrected chi connectivity index (χ0v) is 10.3. The average molecular weight is 223 g/mol. The van der Waals surface area contributed by atoms with Gasteiger partial charge in [0.25, 0.3) is 0 Å². The van der Waals surface area contributed by atoms with Crippen LogP contribution in [0.25, 0.3) is 0 Å². The molecule has 0 heterocycles. The molecule has 0 saturated carbocycles. The van der Waals surface area contributed by atoms with Crippen molar-refractivity contribution in [3.63, 3.8) is 0 Å². The van der Waals surface area contributed by atoms with Gasteiger partial charge in [-0.25, -0.2) is 0 Å². The molecule has 0 bridgehead atoms. The summed E-state index contributed by atoms with van der Waals surface area (Å²) in [4.78, 5) is 4.57. The van der Waals surface area contributed by atoms with E-state index < -0.39 is 0 Å². The summed E-state index contributed by atoms with van der Waals surface area (Å²) in [5.41, 5.74) is 3.67. The molecule has 0 saturated heterocycles. The maximum absolute atomic E-state index is 4.57. The van der Waals surface area contributed by atoms with Gasteiger partial charge < -0.3 is 0 Å². The minimum atomic E-state index is 0.206. The van der Waals surface area contributed by atoms with Gasteiger partial charge in [-0.1, -0.05) is 60.2 Å². The number of aryl methyl sites for hydroxylation is 1. The van der Waals surface area contributed by atoms with Gasteiger partial charge >= 0.3 is 0 Å². The summed E-state index contributed by atoms with van der Waals surface area (Å²) in [7, 11) is 0. The van der Waals surface area contributed by atoms with Crippen LogP contribution in [-0.2, 0) is 0 Å². The minimum absolute atomic E-state index is 0.206. The van der Waals surface area contributed by atoms with Crippen LogP contribution >= 0.6 is 0 Å². The Morgan fingerprint density at radius 1 is 0.941 bits per heavy atom. The lowest BCUT2D eigenvalue weighted by Gasteiger charge is -2.05. The molecule has 17 heavy (non-hydrogen) atoms. The molecule has 2 aromatic rings. The van der Waals surface area contributed by atoms with Crippen LogP contribution in [0.1, 0.15) is 29.7 Å². The third-order valence-electron chi connectivity index (χ3n) is 2.81. The molecule has 2 aromatic carbocycles. The predicted octanol–water partition coefficient (Wildman–Crippen LogP) is 4.18. The number of benzene rings is 2. The number of hydrogen-bond acceptors (Lipinski definition) is 1. The second-order valence-electron chi connectivity index (χ2n) is 4.28. The fraction of sp³-hybridized carbons (Fsp3) is 0.188. The molecule has 0 N–H and O–H groups in total. The first kappa shape index (κ1) is 11.6. The number of aliphatic imine (C=N–C) groups is 1. The first-order valence-corrected chi connectivity index (χ1v) is 5.90. The number of rotatable bonds is 3. The largest absolute Gasteiger partial charge is 0.285 e. The van der Waals surface area contributed by atoms with E-state index in [1.165, 1.54) is 11.1 Å². The monoisotopic (exact) mass is 223 g/mol. The van der Waals surface area contributed by atoms with Crippen molar-refractivity contribution in [2.24, 2.45) is 4.99 Å². The lowest BCUT2D eigenvalue weighted by molar-refractivity contribution is 0.825. The first-order valence-electron chi connectivity index (χ1n) is 5.90. The smallest absolute Gasteiger partial charge is 0.0721 e. The zero-order valence-electron chi connectivity index (χ0n) is 10.3. The molecular formula is C16H17N. The molecule has 0 aliphatic rings. The summed E-state index contributed by atoms with van der Waals surface area (Å²) in [5, 5.41) is 0. The normalized spacial score (nSPS) is 12.8. The fourth-order valence-corrected chi connectivity index (χ4v) is 1.67. The molecule has 0 spiro atoms. The summed E-state index contributed by atoms with van der Waals surface area (Å²) in [6.07, 6.45) is 1.94. The highest BCUT2D eigenvalue weighted by Gasteiger charge is 2.00. The van der Waals surface area contributed by atoms with Gasteiger partial charge in [0.2, 0.25) is 0 Å². The van der Waals surface area contributed by atoms with E-state index >= 15 is 0 Å². The lowest BCUT2D eigenvalue weighted by atomic mass is 10.1. The highest BCUT2D eigenvalue weighted by atomic mass is 14.8. The Labute approximate surface area is 103 Å². The third kappa shape index (κ3) is 3.28. The lowest BCUT2D eigenvalue weighted by Crippen LogP contribution is -1.90. The summed E-state index contributed by atoms with van der Waals surface area (Å²) >= 11 is 0. The van der Waals surface area contributed by atoms with E-state index in [1.54, 1.807) is 0 Å². The van der Waals surface area contributed by atoms with Gasteiger partial charge in [-0.15, -0.1) is 0 Å². The van der Waals surface area contributed by atoms with Crippen molar-refractivity contribution >= 4 is 6.21 Å². The van der Waals surface area contributed by atoms with Crippen molar-refractivity contribution in [1.29, 1.82) is 0 Å². The minimum Gasteiger partial charge on any atom is -0.285 e. The molecule has 0 radical (unpaired) electrons. The Morgan fingerprint density at radius 2 is 1.59 bits per heavy atom. The Morgan fingerprint density at radius 3 is 2.24 bits per heavy atom. The van der Waals surface area contributed by atoms with E-state index in [1.807, 2.05) is 24.4 Å². The number of hydrogen-bond donors (Lipinski definition) is 0. The maximum atomic E-state index is 4.57. The Kier molecular flexibility index (Phi) is 3.71. The van der Waals surface area contributed by atoms with Crippen LogP contribution in [0.15, 0.2) is 59.6 Å². The molecule has 0 unspecified atom stereocenters. The summed E-state index contributed by atoms with van der Waals surface area (Å²) < 4.78 is 0. The first-order chi connectivity index (χ1) is 8.25. The molecule has 0 fully saturated rings. The molecule has 2 rings (SSSR count). The second kappa shape index (κ2) is 5.44. The van der Waals surface area contributed by atoms with Crippen LogP contribution in [0, 0.1) is 6.92 Å². The van der Waals surface area contributed by atoms with Crippen molar-refractivity contribution in [2.45, 2.75) is 19.9 Å². The molecule has 1 atom stereocenters. The average Bonchev–Trinajstić information content (AvgIpc) is 2.39. The molecule has 1 heteroatoms. The molecule has 0 aromatic heterocycles. The molecule has 86 valence electrons. The van der Waals surface area contributed by atoms with Gasteiger partial charge in [0, 0.05) is 6.21 Å². The van der Waals surface area contributed by atoms with Crippen LogP contribution in [0.5, 0.6) is 0 Å². The summed E-state index contributed by atoms with van der Waals surface area (Å²) in [6, 6.07) is 18.9. The predicted molar refractivity (Wildman–Crippen MR) is 73.6 cm³/mol. The van der Waals surface area contributed by atoms with E-state index in [4.69, 9.17) is 0 Å². The maximum Gasteiger partial charge on any atom is 0.0721 e. The van der Waals surface area contributed by atoms with Crippen molar-refractivity contribution in [2.75, 3.05) is 0 Å². The van der Waals surface area contributed by atoms with Crippen LogP contribution in [0.3, 0.4) is 0 Å². The molecular weight excluding hydrogens is 206 g/mol. The van der Waals surface area contributed by atoms with Crippen molar-refractivity contribution < 1.29 is 0 Å². The molecule has 0 aliphatic carbocycles. The fourth-order valence-electron chi connectivity index (χ4n) is 1.67. The highest BCUT2D eigenvalue weighted by molar-refractivity contribution is 5.79. The van der Waals surface area contributed by atoms with Crippen molar-refractivity contribution in [3.05, 3.63) is 71.3 Å². The Bertz CT molecular complexity index is 483. The van der Waals surface area contributed by atoms with Gasteiger partial charge in [-0.3, -0.25) is 4.99 Å². The molecule has 0 aliphatic heterocycles. The van der Waals surface area contributed by atoms with Gasteiger partial charge in [0.15, 0.2) is 0 Å². The van der Waals surface area contributed by atoms with Crippen molar-refractivity contribution in [3.8, 4) is 0 Å². The topological polar surface area (TPSA) is 12.4 Å². The van der Waals surface area contributed by atoms with E-state index in [9.17, 15) is 0 Å². The Balaban J connectivity index is 2.08. The SMILES string of the molecule is Cc1ccc(/C=N/[C@H](C)c2ccccc2)cc1. The standard InChI is InChI=1S/C16H17N/c1-13-8-10-15(11-9-13)12-17-14(2)16-6-4-3-5-7-16/h3-12,14H,1-2H3/b17-12+/t14-/m1/s1. The van der Waals surface area contributed by atoms with Gasteiger partial charge in [0.05, 0.1) is 6.04 Å². The summed E-state index contributed by atoms with van der Waals surface area (Å²) in [6.45, 7) is 4.20. The van der Waals surface area contributed by atoms with Gasteiger partial charge in [0.1, 0.15) is 0 Å². The quantitative estimate of drug-likeness (QED) is 0.692. The van der Waals surface area contributed by atoms with Crippen LogP contribution in [0.4, 0.5) is 0 Å². The van der Waals surface area contributed by atoms with Gasteiger partial charge in [-0.2, -0.15) is 0 Å². The van der Waals surface area contributed by atoms with E-state index in [2.05, 4.69) is 55.2 Å². The summed E-state index contributed by atoms with van der Waals surface area (Å²) in [5.74, 6) is 0. The highest BCUT2D eigenvalue weighted by Crippen LogP contribution is 2.15. The van der Waals surface area contributed by atoms with E-state index in [0.717, 1.165) is 5.56 Å². The zero-order chi connectivity index (χ0) is 12.1. The van der Waals surface area contributed by atoms with E-state index in [0.29, 0.717) is 0 Å².